The van der Waals surface area contributed by atoms with Gasteiger partial charge in [-0.25, -0.2) is 9.59 Å². The first kappa shape index (κ1) is 78.4. The van der Waals surface area contributed by atoms with Crippen molar-refractivity contribution >= 4 is 35.1 Å². The van der Waals surface area contributed by atoms with Crippen LogP contribution in [0.3, 0.4) is 0 Å². The summed E-state index contributed by atoms with van der Waals surface area (Å²) in [5.74, 6) is -5.65. The Labute approximate surface area is 594 Å². The zero-order valence-electron chi connectivity index (χ0n) is 56.0. The van der Waals surface area contributed by atoms with Crippen LogP contribution >= 0.6 is 0 Å². The average molecular weight is 1490 g/mol. The molecule has 6 aliphatic rings. The molecule has 0 unspecified atom stereocenters. The monoisotopic (exact) mass is 1490 g/mol. The highest BCUT2D eigenvalue weighted by Gasteiger charge is 2.57. The summed E-state index contributed by atoms with van der Waals surface area (Å²) in [6.07, 6.45) is -50.2. The van der Waals surface area contributed by atoms with Crippen molar-refractivity contribution < 1.29 is 172 Å². The van der Waals surface area contributed by atoms with Crippen molar-refractivity contribution in [1.82, 2.24) is 0 Å². The van der Waals surface area contributed by atoms with E-state index in [-0.39, 0.29) is 22.8 Å². The first-order valence-corrected chi connectivity index (χ1v) is 33.2. The van der Waals surface area contributed by atoms with E-state index in [1.807, 2.05) is 0 Å². The number of hydrogen-bond donors (Lipinski definition) is 18. The van der Waals surface area contributed by atoms with Gasteiger partial charge in [-0.15, -0.1) is 0 Å². The molecule has 6 aliphatic heterocycles. The van der Waals surface area contributed by atoms with E-state index in [0.717, 1.165) is 36.4 Å². The number of carbonyl (C=O) groups excluding carboxylic acids is 2. The van der Waals surface area contributed by atoms with E-state index in [1.54, 1.807) is 0 Å². The Morgan fingerprint density at radius 3 is 1.42 bits per heavy atom. The molecule has 6 saturated heterocycles. The minimum Gasteiger partial charge on any atom is -0.508 e. The Hall–Kier alpha value is -7.65. The zero-order chi connectivity index (χ0) is 75.7. The van der Waals surface area contributed by atoms with Crippen molar-refractivity contribution in [2.45, 2.75) is 212 Å². The van der Waals surface area contributed by atoms with E-state index < -0.39 is 249 Å². The Morgan fingerprint density at radius 2 is 0.876 bits per heavy atom. The molecule has 0 bridgehead atoms. The Morgan fingerprint density at radius 1 is 0.429 bits per heavy atom. The summed E-state index contributed by atoms with van der Waals surface area (Å²) in [7, 11) is 0. The molecular weight excluding hydrogens is 1400 g/mol. The summed E-state index contributed by atoms with van der Waals surface area (Å²) < 4.78 is 90.0. The van der Waals surface area contributed by atoms with Crippen molar-refractivity contribution in [2.24, 2.45) is 0 Å². The largest absolute Gasteiger partial charge is 0.508 e. The molecule has 30 atom stereocenters. The van der Waals surface area contributed by atoms with E-state index >= 15 is 4.79 Å². The van der Waals surface area contributed by atoms with E-state index in [4.69, 9.17) is 70.7 Å². The SMILES string of the molecule is C[C@@H]1O[C@@H](O[C@@H]2[C@@H](O)[C@H](C)O[C@@H](O[C@H]3[C@@H](O)[C@H](Oc4cc(O)c5c(=O)c(O[C@@H]6O[C@H](CO[C@@H]7O[C@H](CO)[C@@H](O)[C@H](O)[C@H]7O)[C@@H](O)[C@H](O[C@@H]7O[C@@H](C)[C@H](O)[C@@H](O)[C@H]7O)[C@H]6OC(=O)C=Cc6ccc(O)cc6)c(-c6ccc(O)cc6)oc5c4)O[C@@H](C)[C@@H]3OC(=O)C=Cc3ccc(O)cc3)[C@@H]2O)[C@H](O)[C@H](O)[C@H]1O. The topological polar surface area (TPSA) is 558 Å². The average Bonchev–Trinajstić information content (AvgIpc) is 0.764. The van der Waals surface area contributed by atoms with E-state index in [0.29, 0.717) is 11.1 Å². The number of rotatable bonds is 21. The van der Waals surface area contributed by atoms with Gasteiger partial charge in [0.1, 0.15) is 150 Å². The molecular formula is C69H82O36. The van der Waals surface area contributed by atoms with Gasteiger partial charge >= 0.3 is 11.9 Å². The van der Waals surface area contributed by atoms with Crippen molar-refractivity contribution in [2.75, 3.05) is 13.2 Å². The molecule has 36 nitrogen and oxygen atoms in total. The Balaban J connectivity index is 0.948. The standard InChI is InChI=1S/C69H82O36/c1-25-43(77)49(83)53(87)65(92-25)102-59-45(79)27(3)94-68(55(59)89)104-62-56(90)67(95-28(4)57(62)100-40(75)19-9-29-5-13-32(71)14-6-29)96-35-21-36(74)42-37(22-35)97-58(31-11-17-34(73)18-12-31)61(48(42)82)105-69-63(101-41(76)20-10-30-7-15-33(72)16-8-30)60(103-66-54(88)50(84)44(78)26(2)93-66)47(81)39(99-69)24-91-64-52(86)51(85)46(80)38(23-70)98-64/h5-22,25-28,38-39,43-47,49-57,59-60,62-74,77-81,83-90H,23-24H2,1-4H3/t25-,26-,27-,28-,38+,39+,43-,44-,45-,46+,47+,49+,50+,51-,52+,53+,54+,55+,56+,57-,59+,60-,62-,63+,64+,65-,66-,67-,68-,69-/m0/s1. The quantitative estimate of drug-likeness (QED) is 0.0251. The second-order valence-electron chi connectivity index (χ2n) is 26.0. The number of aliphatic hydroxyl groups is 14. The maximum Gasteiger partial charge on any atom is 0.331 e. The minimum atomic E-state index is -2.29. The molecule has 0 spiro atoms. The summed E-state index contributed by atoms with van der Waals surface area (Å²) >= 11 is 0. The fourth-order valence-corrected chi connectivity index (χ4v) is 12.5. The van der Waals surface area contributed by atoms with E-state index in [2.05, 4.69) is 0 Å². The van der Waals surface area contributed by atoms with Gasteiger partial charge in [-0.1, -0.05) is 24.3 Å². The molecule has 4 aromatic carbocycles. The van der Waals surface area contributed by atoms with Crippen LogP contribution in [0, 0.1) is 0 Å². The number of hydrogen-bond acceptors (Lipinski definition) is 36. The van der Waals surface area contributed by atoms with Crippen molar-refractivity contribution in [3.8, 4) is 45.8 Å². The van der Waals surface area contributed by atoms with Crippen LogP contribution < -0.4 is 14.9 Å². The predicted octanol–water partition coefficient (Wildman–Crippen LogP) is -3.42. The molecule has 0 amide bonds. The molecule has 1 aromatic heterocycles. The van der Waals surface area contributed by atoms with Crippen LogP contribution in [0.2, 0.25) is 0 Å². The lowest BCUT2D eigenvalue weighted by molar-refractivity contribution is -0.372. The molecule has 0 aliphatic carbocycles. The maximum absolute atomic E-state index is 15.4. The van der Waals surface area contributed by atoms with Crippen LogP contribution in [-0.4, -0.2) is 301 Å². The molecule has 0 radical (unpaired) electrons. The van der Waals surface area contributed by atoms with Crippen LogP contribution in [0.1, 0.15) is 38.8 Å². The third kappa shape index (κ3) is 17.2. The summed E-state index contributed by atoms with van der Waals surface area (Å²) in [6, 6.07) is 17.8. The molecule has 6 fully saturated rings. The molecule has 36 heteroatoms. The van der Waals surface area contributed by atoms with Crippen LogP contribution in [0.25, 0.3) is 34.4 Å². The smallest absolute Gasteiger partial charge is 0.331 e. The van der Waals surface area contributed by atoms with Gasteiger partial charge in [0.05, 0.1) is 37.6 Å². The molecule has 7 heterocycles. The number of phenolic OH excluding ortho intramolecular Hbond substituents is 4. The number of aliphatic hydroxyl groups excluding tert-OH is 14. The normalized spacial score (nSPS) is 38.2. The lowest BCUT2D eigenvalue weighted by atomic mass is 9.96. The van der Waals surface area contributed by atoms with Crippen LogP contribution in [0.5, 0.6) is 34.5 Å². The summed E-state index contributed by atoms with van der Waals surface area (Å²) in [4.78, 5) is 43.2. The maximum atomic E-state index is 15.4. The van der Waals surface area contributed by atoms with Crippen molar-refractivity contribution in [3.05, 3.63) is 118 Å². The van der Waals surface area contributed by atoms with Gasteiger partial charge in [-0.05, 0) is 99.5 Å². The predicted molar refractivity (Wildman–Crippen MR) is 347 cm³/mol. The number of fused-ring (bicyclic) bond motifs is 1. The number of phenols is 4. The zero-order valence-corrected chi connectivity index (χ0v) is 56.0. The van der Waals surface area contributed by atoms with Crippen LogP contribution in [0.4, 0.5) is 0 Å². The lowest BCUT2D eigenvalue weighted by Crippen LogP contribution is -2.66. The van der Waals surface area contributed by atoms with Crippen LogP contribution in [-0.2, 0) is 66.4 Å². The van der Waals surface area contributed by atoms with E-state index in [9.17, 15) is 102 Å². The third-order valence-corrected chi connectivity index (χ3v) is 18.6. The van der Waals surface area contributed by atoms with Gasteiger partial charge in [-0.3, -0.25) is 4.79 Å². The lowest BCUT2D eigenvalue weighted by Gasteiger charge is -2.48. The molecule has 5 aromatic rings. The number of esters is 2. The number of benzene rings is 4. The van der Waals surface area contributed by atoms with Crippen molar-refractivity contribution in [3.63, 3.8) is 0 Å². The highest BCUT2D eigenvalue weighted by Crippen LogP contribution is 2.42. The van der Waals surface area contributed by atoms with Gasteiger partial charge in [0.15, 0.2) is 43.1 Å². The second kappa shape index (κ2) is 33.2. The first-order valence-electron chi connectivity index (χ1n) is 33.2. The van der Waals surface area contributed by atoms with Gasteiger partial charge < -0.3 is 163 Å². The summed E-state index contributed by atoms with van der Waals surface area (Å²) in [5.41, 5.74) is -1.10. The summed E-state index contributed by atoms with van der Waals surface area (Å²) in [5, 5.41) is 196. The van der Waals surface area contributed by atoms with E-state index in [1.165, 1.54) is 101 Å². The molecule has 11 rings (SSSR count). The summed E-state index contributed by atoms with van der Waals surface area (Å²) in [6.45, 7) is 3.54. The fraction of sp³-hybridized carbons (Fsp3) is 0.522. The molecule has 0 saturated carbocycles. The van der Waals surface area contributed by atoms with Gasteiger partial charge in [0.2, 0.25) is 23.8 Å². The fourth-order valence-electron chi connectivity index (χ4n) is 12.5. The highest BCUT2D eigenvalue weighted by molar-refractivity contribution is 5.89. The number of aromatic hydroxyl groups is 4. The number of ether oxygens (including phenoxy) is 14. The van der Waals surface area contributed by atoms with Gasteiger partial charge in [0.25, 0.3) is 0 Å². The minimum absolute atomic E-state index is 0.0638. The molecule has 574 valence electrons. The first-order chi connectivity index (χ1) is 49.9. The second-order valence-corrected chi connectivity index (χ2v) is 26.0. The molecule has 105 heavy (non-hydrogen) atoms. The highest BCUT2D eigenvalue weighted by atomic mass is 16.8. The van der Waals surface area contributed by atoms with Gasteiger partial charge in [-0.2, -0.15) is 0 Å². The van der Waals surface area contributed by atoms with Gasteiger partial charge in [0, 0.05) is 29.8 Å². The van der Waals surface area contributed by atoms with Crippen LogP contribution in [0.15, 0.2) is 106 Å². The van der Waals surface area contributed by atoms with Crippen molar-refractivity contribution in [1.29, 1.82) is 0 Å². The number of carbonyl (C=O) groups is 2. The Kier molecular flexibility index (Phi) is 24.8. The molecule has 18 N–H and O–H groups in total. The third-order valence-electron chi connectivity index (χ3n) is 18.6. The Bertz CT molecular complexity index is 3870.